The average Bonchev–Trinajstić information content (AvgIpc) is 2.62. The third-order valence-corrected chi connectivity index (χ3v) is 5.53. The normalized spacial score (nSPS) is 25.8. The maximum Gasteiger partial charge on any atom is 0.113 e. The minimum absolute atomic E-state index is 0.202. The van der Waals surface area contributed by atoms with Crippen molar-refractivity contribution in [1.82, 2.24) is 9.88 Å². The highest BCUT2D eigenvalue weighted by Gasteiger charge is 2.34. The van der Waals surface area contributed by atoms with Gasteiger partial charge in [0.25, 0.3) is 0 Å². The molecule has 1 aliphatic heterocycles. The van der Waals surface area contributed by atoms with Gasteiger partial charge >= 0.3 is 0 Å². The summed E-state index contributed by atoms with van der Waals surface area (Å²) in [5, 5.41) is 1.16. The average molecular weight is 281 g/mol. The van der Waals surface area contributed by atoms with E-state index in [9.17, 15) is 0 Å². The maximum atomic E-state index is 6.70. The Morgan fingerprint density at radius 2 is 2.11 bits per heavy atom. The monoisotopic (exact) mass is 281 g/mol. The predicted molar refractivity (Wildman–Crippen MR) is 82.7 cm³/mol. The van der Waals surface area contributed by atoms with Crippen molar-refractivity contribution in [3.8, 4) is 0 Å². The number of aryl methyl sites for hydroxylation is 2. The summed E-state index contributed by atoms with van der Waals surface area (Å²) in [5.74, 6) is 0. The van der Waals surface area contributed by atoms with Gasteiger partial charge in [0, 0.05) is 17.5 Å². The van der Waals surface area contributed by atoms with Crippen molar-refractivity contribution in [3.05, 3.63) is 15.6 Å². The van der Waals surface area contributed by atoms with Gasteiger partial charge in [0.1, 0.15) is 5.01 Å². The van der Waals surface area contributed by atoms with Crippen LogP contribution in [0.25, 0.3) is 0 Å². The molecule has 1 aliphatic rings. The second-order valence-corrected chi connectivity index (χ2v) is 7.22. The number of hydrogen-bond acceptors (Lipinski definition) is 4. The summed E-state index contributed by atoms with van der Waals surface area (Å²) in [6.45, 7) is 11.1. The molecule has 2 N–H and O–H groups in total. The molecule has 0 amide bonds. The number of hydrogen-bond donors (Lipinski definition) is 1. The van der Waals surface area contributed by atoms with E-state index >= 15 is 0 Å². The number of nitrogens with two attached hydrogens (primary N) is 1. The summed E-state index contributed by atoms with van der Waals surface area (Å²) in [5.41, 5.74) is 7.73. The molecule has 0 aromatic carbocycles. The summed E-state index contributed by atoms with van der Waals surface area (Å²) in [6, 6.07) is 0.617. The van der Waals surface area contributed by atoms with E-state index in [4.69, 9.17) is 10.7 Å². The molecule has 1 unspecified atom stereocenters. The lowest BCUT2D eigenvalue weighted by molar-refractivity contribution is 0.225. The van der Waals surface area contributed by atoms with Gasteiger partial charge in [-0.3, -0.25) is 0 Å². The number of nitrogens with zero attached hydrogens (tertiary/aromatic N) is 2. The molecule has 1 fully saturated rings. The number of aromatic nitrogens is 1. The fourth-order valence-corrected chi connectivity index (χ4v) is 4.04. The first-order valence-electron chi connectivity index (χ1n) is 7.46. The van der Waals surface area contributed by atoms with Crippen LogP contribution >= 0.6 is 11.3 Å². The van der Waals surface area contributed by atoms with Gasteiger partial charge < -0.3 is 10.6 Å². The third kappa shape index (κ3) is 3.18. The van der Waals surface area contributed by atoms with Crippen molar-refractivity contribution >= 4 is 11.3 Å². The molecule has 2 rings (SSSR count). The van der Waals surface area contributed by atoms with Crippen molar-refractivity contribution in [2.75, 3.05) is 13.1 Å². The smallest absolute Gasteiger partial charge is 0.113 e. The van der Waals surface area contributed by atoms with Crippen molar-refractivity contribution < 1.29 is 0 Å². The molecule has 3 nitrogen and oxygen atoms in total. The standard InChI is InChI=1S/C15H27N3S/c1-5-13-12(4)19-14(17-13)15(16)7-6-9-18(10-8-15)11(2)3/h11H,5-10,16H2,1-4H3. The van der Waals surface area contributed by atoms with Gasteiger partial charge in [-0.25, -0.2) is 4.98 Å². The Hall–Kier alpha value is -0.450. The summed E-state index contributed by atoms with van der Waals surface area (Å²) < 4.78 is 0. The van der Waals surface area contributed by atoms with E-state index in [0.29, 0.717) is 6.04 Å². The zero-order valence-electron chi connectivity index (χ0n) is 12.7. The second-order valence-electron chi connectivity index (χ2n) is 6.01. The van der Waals surface area contributed by atoms with Crippen molar-refractivity contribution in [3.63, 3.8) is 0 Å². The van der Waals surface area contributed by atoms with Crippen molar-refractivity contribution in [2.45, 2.75) is 65.0 Å². The Morgan fingerprint density at radius 1 is 1.37 bits per heavy atom. The van der Waals surface area contributed by atoms with Crippen molar-refractivity contribution in [1.29, 1.82) is 0 Å². The highest BCUT2D eigenvalue weighted by Crippen LogP contribution is 2.34. The van der Waals surface area contributed by atoms with Crippen LogP contribution < -0.4 is 5.73 Å². The zero-order valence-corrected chi connectivity index (χ0v) is 13.5. The Kier molecular flexibility index (Phi) is 4.64. The van der Waals surface area contributed by atoms with Gasteiger partial charge in [-0.15, -0.1) is 11.3 Å². The minimum atomic E-state index is -0.202. The molecule has 0 aliphatic carbocycles. The second kappa shape index (κ2) is 5.90. The highest BCUT2D eigenvalue weighted by atomic mass is 32.1. The molecular formula is C15H27N3S. The quantitative estimate of drug-likeness (QED) is 0.926. The van der Waals surface area contributed by atoms with E-state index in [1.807, 2.05) is 11.3 Å². The Labute approximate surface area is 121 Å². The Morgan fingerprint density at radius 3 is 2.68 bits per heavy atom. The van der Waals surface area contributed by atoms with Crippen LogP contribution in [0.4, 0.5) is 0 Å². The first-order valence-corrected chi connectivity index (χ1v) is 8.27. The first-order chi connectivity index (χ1) is 8.96. The molecule has 2 heterocycles. The summed E-state index contributed by atoms with van der Waals surface area (Å²) in [6.07, 6.45) is 4.28. The molecule has 19 heavy (non-hydrogen) atoms. The molecule has 108 valence electrons. The van der Waals surface area contributed by atoms with E-state index in [1.165, 1.54) is 23.5 Å². The number of likely N-dealkylation sites (tertiary alicyclic amines) is 1. The van der Waals surface area contributed by atoms with Gasteiger partial charge in [0.05, 0.1) is 11.2 Å². The molecule has 0 spiro atoms. The largest absolute Gasteiger partial charge is 0.319 e. The lowest BCUT2D eigenvalue weighted by Crippen LogP contribution is -2.38. The van der Waals surface area contributed by atoms with Gasteiger partial charge in [-0.05, 0) is 53.0 Å². The molecule has 1 saturated heterocycles. The van der Waals surface area contributed by atoms with E-state index in [0.717, 1.165) is 30.8 Å². The molecule has 1 aromatic rings. The summed E-state index contributed by atoms with van der Waals surface area (Å²) >= 11 is 1.81. The molecule has 0 radical (unpaired) electrons. The topological polar surface area (TPSA) is 42.1 Å². The molecule has 1 atom stereocenters. The van der Waals surface area contributed by atoms with Crippen LogP contribution in [0.2, 0.25) is 0 Å². The van der Waals surface area contributed by atoms with Crippen molar-refractivity contribution in [2.24, 2.45) is 5.73 Å². The molecular weight excluding hydrogens is 254 g/mol. The summed E-state index contributed by atoms with van der Waals surface area (Å²) in [7, 11) is 0. The van der Waals surface area contributed by atoms with E-state index < -0.39 is 0 Å². The van der Waals surface area contributed by atoms with Gasteiger partial charge in [0.15, 0.2) is 0 Å². The van der Waals surface area contributed by atoms with Crippen LogP contribution in [0.5, 0.6) is 0 Å². The van der Waals surface area contributed by atoms with Crippen LogP contribution in [0, 0.1) is 6.92 Å². The lowest BCUT2D eigenvalue weighted by Gasteiger charge is -2.27. The molecule has 4 heteroatoms. The van der Waals surface area contributed by atoms with Crippen LogP contribution in [0.3, 0.4) is 0 Å². The molecule has 0 bridgehead atoms. The predicted octanol–water partition coefficient (Wildman–Crippen LogP) is 3.06. The lowest BCUT2D eigenvalue weighted by atomic mass is 9.92. The SMILES string of the molecule is CCc1nc(C2(N)CCCN(C(C)C)CC2)sc1C. The van der Waals surface area contributed by atoms with Gasteiger partial charge in [-0.1, -0.05) is 6.92 Å². The Balaban J connectivity index is 2.17. The Bertz CT molecular complexity index is 427. The first kappa shape index (κ1) is 14.9. The minimum Gasteiger partial charge on any atom is -0.319 e. The van der Waals surface area contributed by atoms with Gasteiger partial charge in [0.2, 0.25) is 0 Å². The van der Waals surface area contributed by atoms with Crippen LogP contribution in [-0.2, 0) is 12.0 Å². The van der Waals surface area contributed by atoms with E-state index in [2.05, 4.69) is 32.6 Å². The molecule has 0 saturated carbocycles. The fourth-order valence-electron chi connectivity index (χ4n) is 2.88. The van der Waals surface area contributed by atoms with Crippen LogP contribution in [0.1, 0.15) is 55.6 Å². The van der Waals surface area contributed by atoms with Crippen LogP contribution in [-0.4, -0.2) is 29.0 Å². The maximum absolute atomic E-state index is 6.70. The molecule has 1 aromatic heterocycles. The van der Waals surface area contributed by atoms with E-state index in [1.54, 1.807) is 0 Å². The van der Waals surface area contributed by atoms with Crippen LogP contribution in [0.15, 0.2) is 0 Å². The fraction of sp³-hybridized carbons (Fsp3) is 0.800. The van der Waals surface area contributed by atoms with Gasteiger partial charge in [-0.2, -0.15) is 0 Å². The third-order valence-electron chi connectivity index (χ3n) is 4.30. The highest BCUT2D eigenvalue weighted by molar-refractivity contribution is 7.11. The number of thiazole rings is 1. The summed E-state index contributed by atoms with van der Waals surface area (Å²) in [4.78, 5) is 8.69. The number of rotatable bonds is 3. The van der Waals surface area contributed by atoms with E-state index in [-0.39, 0.29) is 5.54 Å². The zero-order chi connectivity index (χ0) is 14.0.